The molecule has 118 valence electrons. The van der Waals surface area contributed by atoms with Gasteiger partial charge in [-0.1, -0.05) is 49.3 Å². The van der Waals surface area contributed by atoms with Crippen LogP contribution in [0.1, 0.15) is 40.5 Å². The third-order valence-electron chi connectivity index (χ3n) is 2.02. The summed E-state index contributed by atoms with van der Waals surface area (Å²) in [7, 11) is 3.18. The first kappa shape index (κ1) is 19.6. The second-order valence-corrected chi connectivity index (χ2v) is 8.00. The summed E-state index contributed by atoms with van der Waals surface area (Å²) >= 11 is 0. The Morgan fingerprint density at radius 2 is 1.15 bits per heavy atom. The smallest absolute Gasteiger partial charge is 0.306 e. The molecule has 0 aliphatic rings. The Labute approximate surface area is 130 Å². The molecule has 20 heavy (non-hydrogen) atoms. The Morgan fingerprint density at radius 3 is 1.45 bits per heavy atom. The highest BCUT2D eigenvalue weighted by Crippen LogP contribution is 2.23. The van der Waals surface area contributed by atoms with Crippen LogP contribution in [0.15, 0.2) is 0 Å². The zero-order valence-corrected chi connectivity index (χ0v) is 14.5. The van der Waals surface area contributed by atoms with Crippen molar-refractivity contribution in [3.8, 4) is 0 Å². The normalized spacial score (nSPS) is 10.9. The molecule has 0 saturated heterocycles. The van der Waals surface area contributed by atoms with Gasteiger partial charge in [0.25, 0.3) is 0 Å². The topological polar surface area (TPSA) is 52.6 Å². The van der Waals surface area contributed by atoms with Crippen molar-refractivity contribution in [3.63, 3.8) is 0 Å². The van der Waals surface area contributed by atoms with Crippen LogP contribution in [0.2, 0.25) is 0 Å². The average molecular weight is 322 g/mol. The van der Waals surface area contributed by atoms with Gasteiger partial charge in [-0.2, -0.15) is 0 Å². The van der Waals surface area contributed by atoms with Crippen LogP contribution in [0.4, 0.5) is 0 Å². The molecule has 0 heterocycles. The van der Waals surface area contributed by atoms with Gasteiger partial charge in [0.1, 0.15) is 0 Å². The highest BCUT2D eigenvalue weighted by Gasteiger charge is 2.06. The summed E-state index contributed by atoms with van der Waals surface area (Å²) in [5, 5.41) is 0. The maximum Gasteiger partial charge on any atom is 0.306 e. The molecular weight excluding hydrogens is 296 g/mol. The van der Waals surface area contributed by atoms with Crippen molar-refractivity contribution in [3.05, 3.63) is 0 Å². The van der Waals surface area contributed by atoms with E-state index in [1.54, 1.807) is 21.6 Å². The summed E-state index contributed by atoms with van der Waals surface area (Å²) in [5.41, 5.74) is 0. The van der Waals surface area contributed by atoms with Gasteiger partial charge < -0.3 is 9.47 Å². The summed E-state index contributed by atoms with van der Waals surface area (Å²) in [6.45, 7) is 9.01. The molecule has 0 spiro atoms. The molecule has 0 aliphatic carbocycles. The molecule has 0 aromatic carbocycles. The summed E-state index contributed by atoms with van der Waals surface area (Å²) in [4.78, 5) is 22.6. The van der Waals surface area contributed by atoms with Crippen LogP contribution in [0, 0.1) is 11.8 Å². The van der Waals surface area contributed by atoms with Gasteiger partial charge in [0, 0.05) is 11.5 Å². The minimum absolute atomic E-state index is 0.150. The molecule has 0 fully saturated rings. The zero-order chi connectivity index (χ0) is 15.4. The lowest BCUT2D eigenvalue weighted by atomic mass is 10.2. The third kappa shape index (κ3) is 14.1. The van der Waals surface area contributed by atoms with Crippen LogP contribution in [-0.2, 0) is 19.1 Å². The van der Waals surface area contributed by atoms with Crippen molar-refractivity contribution < 1.29 is 19.1 Å². The lowest BCUT2D eigenvalue weighted by Gasteiger charge is -2.07. The largest absolute Gasteiger partial charge is 0.465 e. The van der Waals surface area contributed by atoms with E-state index < -0.39 is 0 Å². The molecule has 0 saturated carbocycles. The van der Waals surface area contributed by atoms with E-state index >= 15 is 0 Å². The van der Waals surface area contributed by atoms with Crippen molar-refractivity contribution in [1.29, 1.82) is 0 Å². The number of carbonyl (C=O) groups excluding carboxylic acids is 2. The molecule has 0 amide bonds. The minimum Gasteiger partial charge on any atom is -0.465 e. The van der Waals surface area contributed by atoms with Crippen LogP contribution in [-0.4, -0.2) is 36.7 Å². The van der Waals surface area contributed by atoms with Crippen molar-refractivity contribution in [2.75, 3.05) is 24.7 Å². The number of carbonyl (C=O) groups is 2. The highest BCUT2D eigenvalue weighted by molar-refractivity contribution is 8.76. The Bertz CT molecular complexity index is 252. The fourth-order valence-electron chi connectivity index (χ4n) is 1.03. The molecule has 0 unspecified atom stereocenters. The summed E-state index contributed by atoms with van der Waals surface area (Å²) < 4.78 is 10.1. The third-order valence-corrected chi connectivity index (χ3v) is 4.43. The Hall–Kier alpha value is -0.360. The van der Waals surface area contributed by atoms with Crippen LogP contribution in [0.3, 0.4) is 0 Å². The Balaban J connectivity index is 3.35. The van der Waals surface area contributed by atoms with Gasteiger partial charge in [-0.15, -0.1) is 0 Å². The van der Waals surface area contributed by atoms with Gasteiger partial charge in [-0.05, 0) is 11.8 Å². The first-order valence-electron chi connectivity index (χ1n) is 6.97. The van der Waals surface area contributed by atoms with E-state index in [1.165, 1.54) is 0 Å². The molecule has 0 rings (SSSR count). The van der Waals surface area contributed by atoms with Crippen LogP contribution in [0.25, 0.3) is 0 Å². The maximum absolute atomic E-state index is 11.3. The predicted molar refractivity (Wildman–Crippen MR) is 85.7 cm³/mol. The molecule has 0 atom stereocenters. The molecule has 6 heteroatoms. The molecule has 4 nitrogen and oxygen atoms in total. The molecule has 0 bridgehead atoms. The van der Waals surface area contributed by atoms with Gasteiger partial charge in [0.2, 0.25) is 0 Å². The number of rotatable bonds is 11. The summed E-state index contributed by atoms with van der Waals surface area (Å²) in [6, 6.07) is 0. The standard InChI is InChI=1S/C14H26O4S2/c1-11(2)9-17-13(15)5-7-19-20-8-6-14(16)18-10-12(3)4/h11-12H,5-10H2,1-4H3. The lowest BCUT2D eigenvalue weighted by molar-refractivity contribution is -0.145. The average Bonchev–Trinajstić information content (AvgIpc) is 2.37. The van der Waals surface area contributed by atoms with Crippen LogP contribution >= 0.6 is 21.6 Å². The van der Waals surface area contributed by atoms with E-state index in [0.717, 1.165) is 0 Å². The van der Waals surface area contributed by atoms with Gasteiger partial charge in [0.15, 0.2) is 0 Å². The second-order valence-electron chi connectivity index (χ2n) is 5.30. The van der Waals surface area contributed by atoms with E-state index in [-0.39, 0.29) is 11.9 Å². The van der Waals surface area contributed by atoms with E-state index in [0.29, 0.717) is 49.4 Å². The monoisotopic (exact) mass is 322 g/mol. The van der Waals surface area contributed by atoms with Crippen LogP contribution in [0.5, 0.6) is 0 Å². The molecule has 0 aromatic heterocycles. The molecule has 0 radical (unpaired) electrons. The lowest BCUT2D eigenvalue weighted by Crippen LogP contribution is -2.10. The number of ether oxygens (including phenoxy) is 2. The van der Waals surface area contributed by atoms with Crippen LogP contribution < -0.4 is 0 Å². The van der Waals surface area contributed by atoms with E-state index in [2.05, 4.69) is 0 Å². The summed E-state index contributed by atoms with van der Waals surface area (Å²) in [6.07, 6.45) is 0.838. The van der Waals surface area contributed by atoms with Gasteiger partial charge in [-0.25, -0.2) is 0 Å². The highest BCUT2D eigenvalue weighted by atomic mass is 33.1. The molecule has 0 aliphatic heterocycles. The first-order valence-corrected chi connectivity index (χ1v) is 9.46. The van der Waals surface area contributed by atoms with E-state index in [4.69, 9.17) is 9.47 Å². The first-order chi connectivity index (χ1) is 9.41. The number of hydrogen-bond acceptors (Lipinski definition) is 6. The van der Waals surface area contributed by atoms with E-state index in [1.807, 2.05) is 27.7 Å². The van der Waals surface area contributed by atoms with Crippen molar-refractivity contribution in [2.45, 2.75) is 40.5 Å². The Morgan fingerprint density at radius 1 is 0.800 bits per heavy atom. The van der Waals surface area contributed by atoms with Gasteiger partial charge in [0.05, 0.1) is 26.1 Å². The van der Waals surface area contributed by atoms with Gasteiger partial charge in [-0.3, -0.25) is 9.59 Å². The maximum atomic E-state index is 11.3. The SMILES string of the molecule is CC(C)COC(=O)CCSSCCC(=O)OCC(C)C. The fraction of sp³-hybridized carbons (Fsp3) is 0.857. The summed E-state index contributed by atoms with van der Waals surface area (Å²) in [5.74, 6) is 1.87. The molecular formula is C14H26O4S2. The predicted octanol–water partition coefficient (Wildman–Crippen LogP) is 3.55. The number of hydrogen-bond donors (Lipinski definition) is 0. The van der Waals surface area contributed by atoms with Crippen molar-refractivity contribution in [2.24, 2.45) is 11.8 Å². The fourth-order valence-corrected chi connectivity index (χ4v) is 2.97. The van der Waals surface area contributed by atoms with Gasteiger partial charge >= 0.3 is 11.9 Å². The quantitative estimate of drug-likeness (QED) is 0.329. The molecule has 0 N–H and O–H groups in total. The Kier molecular flexibility index (Phi) is 12.2. The zero-order valence-electron chi connectivity index (χ0n) is 12.8. The number of esters is 2. The van der Waals surface area contributed by atoms with Crippen molar-refractivity contribution in [1.82, 2.24) is 0 Å². The second kappa shape index (κ2) is 12.4. The van der Waals surface area contributed by atoms with Crippen molar-refractivity contribution >= 4 is 33.5 Å². The minimum atomic E-state index is -0.150. The molecule has 0 aromatic rings. The van der Waals surface area contributed by atoms with E-state index in [9.17, 15) is 9.59 Å².